The number of methoxy groups -OCH3 is 2. The largest absolute Gasteiger partial charge is 0.497 e. The molecule has 1 aromatic rings. The Morgan fingerprint density at radius 3 is 2.68 bits per heavy atom. The van der Waals surface area contributed by atoms with E-state index in [9.17, 15) is 9.59 Å². The molecule has 2 amide bonds. The second-order valence-electron chi connectivity index (χ2n) is 5.97. The molecule has 1 aromatic carbocycles. The molecule has 1 atom stereocenters. The van der Waals surface area contributed by atoms with Gasteiger partial charge in [-0.3, -0.25) is 14.5 Å². The molecule has 7 heteroatoms. The zero-order chi connectivity index (χ0) is 18.2. The fraction of sp³-hybridized carbons (Fsp3) is 0.556. The van der Waals surface area contributed by atoms with Crippen LogP contribution in [0.4, 0.5) is 0 Å². The molecule has 1 aliphatic rings. The number of nitrogens with zero attached hydrogens (tertiary/aromatic N) is 1. The van der Waals surface area contributed by atoms with Crippen LogP contribution < -0.4 is 20.1 Å². The van der Waals surface area contributed by atoms with E-state index in [-0.39, 0.29) is 30.9 Å². The van der Waals surface area contributed by atoms with Crippen molar-refractivity contribution in [2.45, 2.75) is 25.8 Å². The Morgan fingerprint density at radius 1 is 1.20 bits per heavy atom. The molecule has 0 unspecified atom stereocenters. The van der Waals surface area contributed by atoms with Crippen LogP contribution in [0.5, 0.6) is 11.5 Å². The third-order valence-electron chi connectivity index (χ3n) is 4.33. The van der Waals surface area contributed by atoms with E-state index in [0.29, 0.717) is 6.54 Å². The van der Waals surface area contributed by atoms with Gasteiger partial charge in [0.25, 0.3) is 0 Å². The van der Waals surface area contributed by atoms with Crippen molar-refractivity contribution >= 4 is 11.8 Å². The second-order valence-corrected chi connectivity index (χ2v) is 5.97. The number of carbonyl (C=O) groups is 2. The van der Waals surface area contributed by atoms with Crippen LogP contribution in [0, 0.1) is 0 Å². The molecule has 1 aliphatic heterocycles. The first-order valence-electron chi connectivity index (χ1n) is 8.58. The zero-order valence-electron chi connectivity index (χ0n) is 15.1. The van der Waals surface area contributed by atoms with Crippen LogP contribution >= 0.6 is 0 Å². The van der Waals surface area contributed by atoms with Crippen LogP contribution in [-0.4, -0.2) is 57.1 Å². The molecule has 25 heavy (non-hydrogen) atoms. The minimum Gasteiger partial charge on any atom is -0.497 e. The van der Waals surface area contributed by atoms with Gasteiger partial charge >= 0.3 is 0 Å². The van der Waals surface area contributed by atoms with Crippen molar-refractivity contribution in [3.8, 4) is 11.5 Å². The minimum atomic E-state index is -0.175. The molecule has 1 fully saturated rings. The van der Waals surface area contributed by atoms with E-state index in [1.807, 2.05) is 25.1 Å². The van der Waals surface area contributed by atoms with Gasteiger partial charge < -0.3 is 20.1 Å². The number of ether oxygens (including phenoxy) is 2. The van der Waals surface area contributed by atoms with E-state index in [1.54, 1.807) is 14.2 Å². The van der Waals surface area contributed by atoms with Gasteiger partial charge in [-0.15, -0.1) is 0 Å². The fourth-order valence-corrected chi connectivity index (χ4v) is 3.14. The molecule has 2 rings (SSSR count). The van der Waals surface area contributed by atoms with E-state index in [1.165, 1.54) is 0 Å². The van der Waals surface area contributed by atoms with Gasteiger partial charge in [0.15, 0.2) is 0 Å². The second kappa shape index (κ2) is 9.27. The number of rotatable bonds is 8. The average molecular weight is 349 g/mol. The first-order valence-corrected chi connectivity index (χ1v) is 8.58. The third-order valence-corrected chi connectivity index (χ3v) is 4.33. The molecular weight excluding hydrogens is 322 g/mol. The first-order chi connectivity index (χ1) is 12.1. The Morgan fingerprint density at radius 2 is 2.00 bits per heavy atom. The molecule has 1 saturated heterocycles. The van der Waals surface area contributed by atoms with Gasteiger partial charge in [0.2, 0.25) is 11.8 Å². The number of amides is 2. The molecule has 0 aliphatic carbocycles. The fourth-order valence-electron chi connectivity index (χ4n) is 3.14. The summed E-state index contributed by atoms with van der Waals surface area (Å²) in [5, 5.41) is 5.33. The maximum absolute atomic E-state index is 12.2. The minimum absolute atomic E-state index is 0.0109. The van der Waals surface area contributed by atoms with Gasteiger partial charge in [0, 0.05) is 24.2 Å². The highest BCUT2D eigenvalue weighted by Crippen LogP contribution is 2.38. The Bertz CT molecular complexity index is 606. The number of nitrogens with one attached hydrogen (secondary N) is 2. The number of carbonyl (C=O) groups excluding carboxylic acids is 2. The standard InChI is InChI=1S/C18H27N3O4/c1-4-19-17(22)11-20-18(23)12-21-9-5-6-15(21)14-8-7-13(24-2)10-16(14)25-3/h7-8,10,15H,4-6,9,11-12H2,1-3H3,(H,19,22)(H,20,23)/t15-/m1/s1. The van der Waals surface area contributed by atoms with Gasteiger partial charge in [-0.05, 0) is 32.4 Å². The summed E-state index contributed by atoms with van der Waals surface area (Å²) in [4.78, 5) is 25.7. The summed E-state index contributed by atoms with van der Waals surface area (Å²) >= 11 is 0. The van der Waals surface area contributed by atoms with Crippen molar-refractivity contribution in [3.63, 3.8) is 0 Å². The molecule has 138 valence electrons. The Hall–Kier alpha value is -2.28. The predicted octanol–water partition coefficient (Wildman–Crippen LogP) is 1.09. The summed E-state index contributed by atoms with van der Waals surface area (Å²) in [6, 6.07) is 5.88. The summed E-state index contributed by atoms with van der Waals surface area (Å²) in [7, 11) is 3.26. The van der Waals surface area contributed by atoms with Gasteiger partial charge in [-0.25, -0.2) is 0 Å². The quantitative estimate of drug-likeness (QED) is 0.734. The van der Waals surface area contributed by atoms with Gasteiger partial charge in [0.05, 0.1) is 27.3 Å². The molecule has 0 spiro atoms. The summed E-state index contributed by atoms with van der Waals surface area (Å²) in [6.45, 7) is 3.52. The molecule has 2 N–H and O–H groups in total. The molecule has 0 saturated carbocycles. The van der Waals surface area contributed by atoms with E-state index < -0.39 is 0 Å². The number of likely N-dealkylation sites (tertiary alicyclic amines) is 1. The van der Waals surface area contributed by atoms with E-state index in [4.69, 9.17) is 9.47 Å². The smallest absolute Gasteiger partial charge is 0.239 e. The van der Waals surface area contributed by atoms with Crippen molar-refractivity contribution < 1.29 is 19.1 Å². The number of benzene rings is 1. The first kappa shape index (κ1) is 19.1. The lowest BCUT2D eigenvalue weighted by atomic mass is 10.0. The third kappa shape index (κ3) is 5.09. The topological polar surface area (TPSA) is 79.9 Å². The average Bonchev–Trinajstić information content (AvgIpc) is 3.07. The van der Waals surface area contributed by atoms with Crippen LogP contribution in [-0.2, 0) is 9.59 Å². The summed E-state index contributed by atoms with van der Waals surface area (Å²) in [5.74, 6) is 1.18. The lowest BCUT2D eigenvalue weighted by Crippen LogP contribution is -2.41. The van der Waals surface area contributed by atoms with Gasteiger partial charge in [0.1, 0.15) is 11.5 Å². The number of likely N-dealkylation sites (N-methyl/N-ethyl adjacent to an activating group) is 1. The Balaban J connectivity index is 2.00. The molecule has 7 nitrogen and oxygen atoms in total. The van der Waals surface area contributed by atoms with Crippen LogP contribution in [0.3, 0.4) is 0 Å². The van der Waals surface area contributed by atoms with Crippen molar-refractivity contribution in [1.82, 2.24) is 15.5 Å². The molecule has 0 aromatic heterocycles. The van der Waals surface area contributed by atoms with Crippen molar-refractivity contribution in [1.29, 1.82) is 0 Å². The summed E-state index contributed by atoms with van der Waals surface area (Å²) in [6.07, 6.45) is 1.98. The van der Waals surface area contributed by atoms with E-state index >= 15 is 0 Å². The van der Waals surface area contributed by atoms with Crippen molar-refractivity contribution in [2.75, 3.05) is 40.4 Å². The lowest BCUT2D eigenvalue weighted by Gasteiger charge is -2.25. The van der Waals surface area contributed by atoms with Gasteiger partial charge in [-0.1, -0.05) is 6.07 Å². The van der Waals surface area contributed by atoms with Crippen molar-refractivity contribution in [2.24, 2.45) is 0 Å². The van der Waals surface area contributed by atoms with Crippen LogP contribution in [0.25, 0.3) is 0 Å². The van der Waals surface area contributed by atoms with E-state index in [0.717, 1.165) is 36.4 Å². The summed E-state index contributed by atoms with van der Waals surface area (Å²) in [5.41, 5.74) is 1.05. The van der Waals surface area contributed by atoms with Crippen LogP contribution in [0.1, 0.15) is 31.4 Å². The SMILES string of the molecule is CCNC(=O)CNC(=O)CN1CCC[C@@H]1c1ccc(OC)cc1OC. The Labute approximate surface area is 148 Å². The molecule has 1 heterocycles. The molecular formula is C18H27N3O4. The number of hydrogen-bond donors (Lipinski definition) is 2. The molecule has 0 radical (unpaired) electrons. The predicted molar refractivity (Wildman–Crippen MR) is 94.8 cm³/mol. The summed E-state index contributed by atoms with van der Waals surface area (Å²) < 4.78 is 10.7. The van der Waals surface area contributed by atoms with Crippen LogP contribution in [0.15, 0.2) is 18.2 Å². The maximum Gasteiger partial charge on any atom is 0.239 e. The number of hydrogen-bond acceptors (Lipinski definition) is 5. The van der Waals surface area contributed by atoms with E-state index in [2.05, 4.69) is 15.5 Å². The highest BCUT2D eigenvalue weighted by Gasteiger charge is 2.29. The highest BCUT2D eigenvalue weighted by molar-refractivity contribution is 5.85. The zero-order valence-corrected chi connectivity index (χ0v) is 15.1. The maximum atomic E-state index is 12.2. The van der Waals surface area contributed by atoms with Crippen LogP contribution in [0.2, 0.25) is 0 Å². The monoisotopic (exact) mass is 349 g/mol. The molecule has 0 bridgehead atoms. The normalized spacial score (nSPS) is 17.2. The Kier molecular flexibility index (Phi) is 7.06. The van der Waals surface area contributed by atoms with Gasteiger partial charge in [-0.2, -0.15) is 0 Å². The highest BCUT2D eigenvalue weighted by atomic mass is 16.5. The lowest BCUT2D eigenvalue weighted by molar-refractivity contribution is -0.126. The van der Waals surface area contributed by atoms with Crippen molar-refractivity contribution in [3.05, 3.63) is 23.8 Å².